The first-order valence-electron chi connectivity index (χ1n) is 6.85. The van der Waals surface area contributed by atoms with Gasteiger partial charge in [0.15, 0.2) is 0 Å². The second kappa shape index (κ2) is 6.13. The van der Waals surface area contributed by atoms with Crippen molar-refractivity contribution < 1.29 is 9.47 Å². The molecule has 3 unspecified atom stereocenters. The molecule has 2 heterocycles. The number of ether oxygens (including phenoxy) is 2. The topological polar surface area (TPSA) is 34.6 Å². The van der Waals surface area contributed by atoms with Crippen LogP contribution in [0.4, 0.5) is 0 Å². The number of hydrogen-bond donors (Lipinski definition) is 0. The lowest BCUT2D eigenvalue weighted by molar-refractivity contribution is -0.0447. The standard InChI is InChI=1S/C14H20N2O2S/c1-2-7-18-14-11-3-4-12(14)17-8-6-16(11)10-13-15-5-9-19-13/h2,5,9,11-12,14H,1,3-4,6-8,10H2. The van der Waals surface area contributed by atoms with Crippen LogP contribution in [0, 0.1) is 0 Å². The normalized spacial score (nSPS) is 31.3. The Morgan fingerprint density at radius 2 is 2.53 bits per heavy atom. The molecule has 3 atom stereocenters. The van der Waals surface area contributed by atoms with Gasteiger partial charge in [-0.05, 0) is 12.8 Å². The van der Waals surface area contributed by atoms with Crippen LogP contribution in [-0.4, -0.2) is 47.9 Å². The van der Waals surface area contributed by atoms with Gasteiger partial charge < -0.3 is 9.47 Å². The largest absolute Gasteiger partial charge is 0.374 e. The molecule has 2 bridgehead atoms. The van der Waals surface area contributed by atoms with Gasteiger partial charge in [0.25, 0.3) is 0 Å². The maximum absolute atomic E-state index is 5.95. The maximum atomic E-state index is 5.95. The zero-order chi connectivity index (χ0) is 13.1. The second-order valence-electron chi connectivity index (χ2n) is 5.04. The lowest BCUT2D eigenvalue weighted by Crippen LogP contribution is -2.42. The van der Waals surface area contributed by atoms with Crippen LogP contribution in [0.15, 0.2) is 24.2 Å². The van der Waals surface area contributed by atoms with Crippen molar-refractivity contribution in [1.82, 2.24) is 9.88 Å². The molecule has 4 nitrogen and oxygen atoms in total. The van der Waals surface area contributed by atoms with E-state index in [1.807, 2.05) is 17.7 Å². The van der Waals surface area contributed by atoms with Crippen LogP contribution in [0.5, 0.6) is 0 Å². The Hall–Kier alpha value is -0.750. The Balaban J connectivity index is 1.71. The van der Waals surface area contributed by atoms with Crippen LogP contribution in [0.1, 0.15) is 17.8 Å². The molecule has 0 amide bonds. The van der Waals surface area contributed by atoms with Crippen molar-refractivity contribution in [3.8, 4) is 0 Å². The minimum absolute atomic E-state index is 0.181. The number of fused-ring (bicyclic) bond motifs is 2. The quantitative estimate of drug-likeness (QED) is 0.774. The third kappa shape index (κ3) is 2.89. The summed E-state index contributed by atoms with van der Waals surface area (Å²) in [6.07, 6.45) is 6.37. The summed E-state index contributed by atoms with van der Waals surface area (Å²) < 4.78 is 11.9. The zero-order valence-electron chi connectivity index (χ0n) is 11.0. The molecule has 19 heavy (non-hydrogen) atoms. The highest BCUT2D eigenvalue weighted by Crippen LogP contribution is 2.32. The summed E-state index contributed by atoms with van der Waals surface area (Å²) in [6.45, 7) is 7.00. The first kappa shape index (κ1) is 13.2. The molecular formula is C14H20N2O2S. The number of nitrogens with zero attached hydrogens (tertiary/aromatic N) is 2. The van der Waals surface area contributed by atoms with Gasteiger partial charge in [-0.1, -0.05) is 6.08 Å². The average Bonchev–Trinajstić information content (AvgIpc) is 2.99. The molecule has 1 aromatic rings. The van der Waals surface area contributed by atoms with Crippen LogP contribution in [0.25, 0.3) is 0 Å². The minimum atomic E-state index is 0.181. The summed E-state index contributed by atoms with van der Waals surface area (Å²) >= 11 is 1.72. The van der Waals surface area contributed by atoms with E-state index in [1.54, 1.807) is 11.3 Å². The van der Waals surface area contributed by atoms with Crippen LogP contribution in [0.3, 0.4) is 0 Å². The fourth-order valence-corrected chi connectivity index (χ4v) is 3.71. The van der Waals surface area contributed by atoms with Crippen LogP contribution >= 0.6 is 11.3 Å². The highest BCUT2D eigenvalue weighted by atomic mass is 32.1. The van der Waals surface area contributed by atoms with E-state index < -0.39 is 0 Å². The van der Waals surface area contributed by atoms with Crippen molar-refractivity contribution >= 4 is 11.3 Å². The Morgan fingerprint density at radius 1 is 1.58 bits per heavy atom. The molecule has 1 saturated carbocycles. The summed E-state index contributed by atoms with van der Waals surface area (Å²) in [5.41, 5.74) is 0. The van der Waals surface area contributed by atoms with Gasteiger partial charge in [-0.2, -0.15) is 0 Å². The fraction of sp³-hybridized carbons (Fsp3) is 0.643. The van der Waals surface area contributed by atoms with E-state index in [9.17, 15) is 0 Å². The zero-order valence-corrected chi connectivity index (χ0v) is 11.8. The molecule has 1 aliphatic heterocycles. The summed E-state index contributed by atoms with van der Waals surface area (Å²) in [5, 5.41) is 3.21. The van der Waals surface area contributed by atoms with E-state index in [0.29, 0.717) is 12.6 Å². The lowest BCUT2D eigenvalue weighted by Gasteiger charge is -2.30. The highest BCUT2D eigenvalue weighted by molar-refractivity contribution is 7.09. The molecule has 0 N–H and O–H groups in total. The molecule has 0 aromatic carbocycles. The molecule has 2 aliphatic rings. The fourth-order valence-electron chi connectivity index (χ4n) is 3.07. The van der Waals surface area contributed by atoms with Gasteiger partial charge in [0.05, 0.1) is 32.0 Å². The van der Waals surface area contributed by atoms with E-state index in [2.05, 4.69) is 16.5 Å². The van der Waals surface area contributed by atoms with E-state index >= 15 is 0 Å². The highest BCUT2D eigenvalue weighted by Gasteiger charge is 2.42. The molecule has 2 fully saturated rings. The smallest absolute Gasteiger partial charge is 0.107 e. The Bertz CT molecular complexity index is 410. The van der Waals surface area contributed by atoms with Crippen molar-refractivity contribution in [3.05, 3.63) is 29.2 Å². The molecule has 5 heteroatoms. The van der Waals surface area contributed by atoms with Crippen molar-refractivity contribution in [2.45, 2.75) is 37.6 Å². The molecule has 3 rings (SSSR count). The van der Waals surface area contributed by atoms with Gasteiger partial charge in [0.1, 0.15) is 5.01 Å². The number of aromatic nitrogens is 1. The predicted octanol–water partition coefficient (Wildman–Crippen LogP) is 2.08. The first-order chi connectivity index (χ1) is 9.38. The Labute approximate surface area is 118 Å². The van der Waals surface area contributed by atoms with Gasteiger partial charge in [0, 0.05) is 24.2 Å². The van der Waals surface area contributed by atoms with Crippen LogP contribution < -0.4 is 0 Å². The van der Waals surface area contributed by atoms with E-state index in [-0.39, 0.29) is 12.2 Å². The SMILES string of the molecule is C=CCOC1C2CCC1N(Cc1nccs1)CCO2. The summed E-state index contributed by atoms with van der Waals surface area (Å²) in [4.78, 5) is 6.86. The molecule has 1 saturated heterocycles. The Kier molecular flexibility index (Phi) is 4.28. The number of hydrogen-bond acceptors (Lipinski definition) is 5. The van der Waals surface area contributed by atoms with Crippen molar-refractivity contribution in [2.24, 2.45) is 0 Å². The summed E-state index contributed by atoms with van der Waals surface area (Å²) in [7, 11) is 0. The number of thiazole rings is 1. The van der Waals surface area contributed by atoms with Gasteiger partial charge in [-0.3, -0.25) is 4.90 Å². The van der Waals surface area contributed by atoms with Crippen molar-refractivity contribution in [1.29, 1.82) is 0 Å². The minimum Gasteiger partial charge on any atom is -0.374 e. The summed E-state index contributed by atoms with van der Waals surface area (Å²) in [6, 6.07) is 0.455. The summed E-state index contributed by atoms with van der Waals surface area (Å²) in [5.74, 6) is 0. The van der Waals surface area contributed by atoms with Gasteiger partial charge >= 0.3 is 0 Å². The van der Waals surface area contributed by atoms with Crippen LogP contribution in [-0.2, 0) is 16.0 Å². The van der Waals surface area contributed by atoms with E-state index in [1.165, 1.54) is 5.01 Å². The molecule has 104 valence electrons. The van der Waals surface area contributed by atoms with Crippen molar-refractivity contribution in [2.75, 3.05) is 19.8 Å². The third-order valence-corrected chi connectivity index (χ3v) is 4.66. The average molecular weight is 280 g/mol. The monoisotopic (exact) mass is 280 g/mol. The second-order valence-corrected chi connectivity index (χ2v) is 6.02. The molecule has 1 aliphatic carbocycles. The van der Waals surface area contributed by atoms with Gasteiger partial charge in [0.2, 0.25) is 0 Å². The van der Waals surface area contributed by atoms with Crippen molar-refractivity contribution in [3.63, 3.8) is 0 Å². The Morgan fingerprint density at radius 3 is 3.32 bits per heavy atom. The molecule has 0 radical (unpaired) electrons. The third-order valence-electron chi connectivity index (χ3n) is 3.90. The van der Waals surface area contributed by atoms with Crippen LogP contribution in [0.2, 0.25) is 0 Å². The number of rotatable bonds is 5. The van der Waals surface area contributed by atoms with Gasteiger partial charge in [-0.25, -0.2) is 4.98 Å². The van der Waals surface area contributed by atoms with E-state index in [4.69, 9.17) is 9.47 Å². The first-order valence-corrected chi connectivity index (χ1v) is 7.73. The van der Waals surface area contributed by atoms with Gasteiger partial charge in [-0.15, -0.1) is 17.9 Å². The predicted molar refractivity (Wildman–Crippen MR) is 75.2 cm³/mol. The maximum Gasteiger partial charge on any atom is 0.107 e. The molecule has 1 aromatic heterocycles. The van der Waals surface area contributed by atoms with E-state index in [0.717, 1.165) is 32.5 Å². The molecular weight excluding hydrogens is 260 g/mol. The lowest BCUT2D eigenvalue weighted by atomic mass is 10.1. The molecule has 0 spiro atoms.